The summed E-state index contributed by atoms with van der Waals surface area (Å²) in [7, 11) is 0. The molecule has 1 saturated heterocycles. The van der Waals surface area contributed by atoms with Gasteiger partial charge in [0.25, 0.3) is 0 Å². The third-order valence-corrected chi connectivity index (χ3v) is 3.74. The van der Waals surface area contributed by atoms with Crippen molar-refractivity contribution in [3.63, 3.8) is 0 Å². The summed E-state index contributed by atoms with van der Waals surface area (Å²) in [6, 6.07) is 0.275. The number of nitrogen functional groups attached to an aromatic ring is 1. The number of hydrazine groups is 1. The monoisotopic (exact) mass is 280 g/mol. The summed E-state index contributed by atoms with van der Waals surface area (Å²) in [6.45, 7) is 2.87. The Morgan fingerprint density at radius 3 is 2.95 bits per heavy atom. The van der Waals surface area contributed by atoms with Crippen LogP contribution in [0.25, 0.3) is 0 Å². The molecule has 0 aliphatic carbocycles. The summed E-state index contributed by atoms with van der Waals surface area (Å²) in [5, 5.41) is 11.3. The normalized spacial score (nSPS) is 19.5. The lowest BCUT2D eigenvalue weighted by atomic mass is 10.1. The highest BCUT2D eigenvalue weighted by atomic mass is 16.6. The number of nitrogens with one attached hydrogen (secondary N) is 1. The van der Waals surface area contributed by atoms with Crippen molar-refractivity contribution in [1.82, 2.24) is 9.97 Å². The molecule has 2 heterocycles. The van der Waals surface area contributed by atoms with E-state index in [4.69, 9.17) is 5.84 Å². The minimum Gasteiger partial charge on any atom is -0.348 e. The topological polar surface area (TPSA) is 110 Å². The molecule has 1 aromatic heterocycles. The maximum absolute atomic E-state index is 11.3. The first-order chi connectivity index (χ1) is 9.69. The number of nitrogens with two attached hydrogens (primary N) is 1. The number of nitro groups is 1. The van der Waals surface area contributed by atoms with E-state index in [9.17, 15) is 10.1 Å². The van der Waals surface area contributed by atoms with Gasteiger partial charge in [0.2, 0.25) is 11.6 Å². The van der Waals surface area contributed by atoms with Crippen molar-refractivity contribution < 1.29 is 4.92 Å². The van der Waals surface area contributed by atoms with Gasteiger partial charge >= 0.3 is 5.69 Å². The standard InChI is InChI=1S/C12H20N6O2/c1-2-9-6-4-3-5-7-17(9)12-10(18(19)20)11(16-13)14-8-15-12/h8-9H,2-7,13H2,1H3,(H,14,15,16). The van der Waals surface area contributed by atoms with Crippen LogP contribution in [0.3, 0.4) is 0 Å². The number of nitrogens with zero attached hydrogens (tertiary/aromatic N) is 4. The Bertz CT molecular complexity index is 481. The van der Waals surface area contributed by atoms with Gasteiger partial charge in [0.15, 0.2) is 0 Å². The van der Waals surface area contributed by atoms with Gasteiger partial charge in [0.1, 0.15) is 6.33 Å². The van der Waals surface area contributed by atoms with Crippen LogP contribution in [-0.4, -0.2) is 27.5 Å². The van der Waals surface area contributed by atoms with Crippen molar-refractivity contribution in [2.75, 3.05) is 16.9 Å². The zero-order chi connectivity index (χ0) is 14.5. The fourth-order valence-corrected chi connectivity index (χ4v) is 2.73. The Labute approximate surface area is 117 Å². The van der Waals surface area contributed by atoms with Crippen LogP contribution in [0.4, 0.5) is 17.3 Å². The highest BCUT2D eigenvalue weighted by molar-refractivity contribution is 5.70. The molecule has 1 aliphatic heterocycles. The van der Waals surface area contributed by atoms with Crippen LogP contribution in [0.15, 0.2) is 6.33 Å². The highest BCUT2D eigenvalue weighted by Gasteiger charge is 2.30. The van der Waals surface area contributed by atoms with Gasteiger partial charge in [-0.15, -0.1) is 0 Å². The predicted octanol–water partition coefficient (Wildman–Crippen LogP) is 1.83. The van der Waals surface area contributed by atoms with Crippen molar-refractivity contribution in [2.45, 2.75) is 45.1 Å². The minimum absolute atomic E-state index is 0.0547. The summed E-state index contributed by atoms with van der Waals surface area (Å²) in [4.78, 5) is 20.9. The van der Waals surface area contributed by atoms with E-state index < -0.39 is 4.92 Å². The zero-order valence-electron chi connectivity index (χ0n) is 11.6. The first-order valence-electron chi connectivity index (χ1n) is 6.91. The van der Waals surface area contributed by atoms with E-state index in [2.05, 4.69) is 22.3 Å². The van der Waals surface area contributed by atoms with Crippen molar-refractivity contribution >= 4 is 17.3 Å². The summed E-state index contributed by atoms with van der Waals surface area (Å²) >= 11 is 0. The minimum atomic E-state index is -0.470. The number of hydrogen-bond acceptors (Lipinski definition) is 7. The van der Waals surface area contributed by atoms with Crippen LogP contribution < -0.4 is 16.2 Å². The van der Waals surface area contributed by atoms with Gasteiger partial charge in [0, 0.05) is 12.6 Å². The molecule has 2 rings (SSSR count). The third-order valence-electron chi connectivity index (χ3n) is 3.74. The molecule has 1 unspecified atom stereocenters. The summed E-state index contributed by atoms with van der Waals surface area (Å²) in [5.74, 6) is 5.74. The van der Waals surface area contributed by atoms with Crippen molar-refractivity contribution in [1.29, 1.82) is 0 Å². The fourth-order valence-electron chi connectivity index (χ4n) is 2.73. The van der Waals surface area contributed by atoms with Crippen molar-refractivity contribution in [3.05, 3.63) is 16.4 Å². The number of aromatic nitrogens is 2. The maximum atomic E-state index is 11.3. The van der Waals surface area contributed by atoms with Gasteiger partial charge in [-0.05, 0) is 19.3 Å². The van der Waals surface area contributed by atoms with E-state index in [1.165, 1.54) is 6.33 Å². The van der Waals surface area contributed by atoms with Crippen LogP contribution in [0.5, 0.6) is 0 Å². The number of anilines is 2. The lowest BCUT2D eigenvalue weighted by molar-refractivity contribution is -0.383. The molecule has 0 saturated carbocycles. The first kappa shape index (κ1) is 14.4. The van der Waals surface area contributed by atoms with Gasteiger partial charge in [0.05, 0.1) is 4.92 Å². The van der Waals surface area contributed by atoms with Crippen molar-refractivity contribution in [3.8, 4) is 0 Å². The fraction of sp³-hybridized carbons (Fsp3) is 0.667. The average Bonchev–Trinajstić information content (AvgIpc) is 2.71. The van der Waals surface area contributed by atoms with Crippen molar-refractivity contribution in [2.24, 2.45) is 5.84 Å². The first-order valence-corrected chi connectivity index (χ1v) is 6.91. The molecule has 8 heteroatoms. The summed E-state index contributed by atoms with van der Waals surface area (Å²) in [5.41, 5.74) is 2.14. The molecule has 0 amide bonds. The summed E-state index contributed by atoms with van der Waals surface area (Å²) in [6.07, 6.45) is 6.59. The molecule has 1 aliphatic rings. The molecule has 1 fully saturated rings. The van der Waals surface area contributed by atoms with Gasteiger partial charge in [-0.25, -0.2) is 15.8 Å². The molecule has 20 heavy (non-hydrogen) atoms. The van der Waals surface area contributed by atoms with E-state index in [0.717, 1.165) is 38.6 Å². The van der Waals surface area contributed by atoms with Crippen LogP contribution in [0.1, 0.15) is 39.0 Å². The maximum Gasteiger partial charge on any atom is 0.354 e. The van der Waals surface area contributed by atoms with Crippen LogP contribution in [0.2, 0.25) is 0 Å². The number of rotatable bonds is 4. The van der Waals surface area contributed by atoms with Crippen LogP contribution in [0, 0.1) is 10.1 Å². The molecule has 3 N–H and O–H groups in total. The van der Waals surface area contributed by atoms with E-state index in [-0.39, 0.29) is 17.5 Å². The Morgan fingerprint density at radius 2 is 2.30 bits per heavy atom. The van der Waals surface area contributed by atoms with E-state index in [0.29, 0.717) is 5.82 Å². The largest absolute Gasteiger partial charge is 0.354 e. The molecular weight excluding hydrogens is 260 g/mol. The Balaban J connectivity index is 2.46. The number of hydrogen-bond donors (Lipinski definition) is 2. The Morgan fingerprint density at radius 1 is 1.50 bits per heavy atom. The molecule has 0 bridgehead atoms. The molecule has 1 aromatic rings. The lowest BCUT2D eigenvalue weighted by Crippen LogP contribution is -2.35. The smallest absolute Gasteiger partial charge is 0.348 e. The quantitative estimate of drug-likeness (QED) is 0.491. The van der Waals surface area contributed by atoms with Gasteiger partial charge in [-0.2, -0.15) is 0 Å². The Kier molecular flexibility index (Phi) is 4.67. The van der Waals surface area contributed by atoms with E-state index in [1.54, 1.807) is 0 Å². The molecule has 8 nitrogen and oxygen atoms in total. The summed E-state index contributed by atoms with van der Waals surface area (Å²) < 4.78 is 0. The predicted molar refractivity (Wildman–Crippen MR) is 76.4 cm³/mol. The second kappa shape index (κ2) is 6.47. The van der Waals surface area contributed by atoms with Crippen LogP contribution >= 0.6 is 0 Å². The van der Waals surface area contributed by atoms with Gasteiger partial charge in [-0.1, -0.05) is 19.8 Å². The molecule has 1 atom stereocenters. The lowest BCUT2D eigenvalue weighted by Gasteiger charge is -2.29. The third kappa shape index (κ3) is 2.79. The molecule has 0 spiro atoms. The second-order valence-electron chi connectivity index (χ2n) is 4.90. The van der Waals surface area contributed by atoms with Gasteiger partial charge in [-0.3, -0.25) is 10.1 Å². The SMILES string of the molecule is CCC1CCCCCN1c1ncnc(NN)c1[N+](=O)[O-]. The second-order valence-corrected chi connectivity index (χ2v) is 4.90. The highest BCUT2D eigenvalue weighted by Crippen LogP contribution is 2.34. The van der Waals surface area contributed by atoms with E-state index >= 15 is 0 Å². The zero-order valence-corrected chi connectivity index (χ0v) is 11.6. The molecule has 0 radical (unpaired) electrons. The molecule has 0 aromatic carbocycles. The van der Waals surface area contributed by atoms with E-state index in [1.807, 2.05) is 4.90 Å². The molecular formula is C12H20N6O2. The molecule has 110 valence electrons. The van der Waals surface area contributed by atoms with Crippen LogP contribution in [-0.2, 0) is 0 Å². The van der Waals surface area contributed by atoms with Gasteiger partial charge < -0.3 is 10.3 Å². The average molecular weight is 280 g/mol. The Hall–Kier alpha value is -1.96.